The summed E-state index contributed by atoms with van der Waals surface area (Å²) in [5.74, 6) is -1.09. The first-order chi connectivity index (χ1) is 14.0. The first kappa shape index (κ1) is 16.7. The SMILES string of the molecule is O=C1NC(=O)N2c3cc4nc[nH]c4cc3-c3cc(-c4csc(Cl)c4)cc(F)c3C12. The third kappa shape index (κ3) is 2.24. The maximum Gasteiger partial charge on any atom is 0.329 e. The van der Waals surface area contributed by atoms with E-state index in [9.17, 15) is 9.59 Å². The second-order valence-corrected chi connectivity index (χ2v) is 8.46. The minimum Gasteiger partial charge on any atom is -0.345 e. The van der Waals surface area contributed by atoms with Crippen molar-refractivity contribution in [2.24, 2.45) is 0 Å². The molecule has 1 fully saturated rings. The van der Waals surface area contributed by atoms with Crippen LogP contribution in [0.1, 0.15) is 11.6 Å². The molecule has 0 spiro atoms. The van der Waals surface area contributed by atoms with Gasteiger partial charge >= 0.3 is 6.03 Å². The monoisotopic (exact) mass is 424 g/mol. The summed E-state index contributed by atoms with van der Waals surface area (Å²) in [6, 6.07) is 6.92. The van der Waals surface area contributed by atoms with Crippen LogP contribution < -0.4 is 10.2 Å². The van der Waals surface area contributed by atoms with Crippen molar-refractivity contribution in [3.8, 4) is 22.3 Å². The number of hydrogen-bond acceptors (Lipinski definition) is 4. The van der Waals surface area contributed by atoms with Gasteiger partial charge in [-0.3, -0.25) is 15.0 Å². The van der Waals surface area contributed by atoms with Crippen LogP contribution in [0.2, 0.25) is 4.34 Å². The number of halogens is 2. The molecular formula is C20H10ClFN4O2S. The first-order valence-electron chi connectivity index (χ1n) is 8.70. The standard InChI is InChI=1S/C20H10ClFN4O2S/c21-16-3-9(6-29-16)8-1-11-10-4-13-14(24-7-23-13)5-15(10)26-18(17(11)12(22)2-8)19(27)25-20(26)28/h1-7,18H,(H,23,24)(H,25,27,28). The highest BCUT2D eigenvalue weighted by Gasteiger charge is 2.47. The van der Waals surface area contributed by atoms with Crippen LogP contribution in [0.3, 0.4) is 0 Å². The van der Waals surface area contributed by atoms with Crippen molar-refractivity contribution >= 4 is 51.6 Å². The fourth-order valence-corrected chi connectivity index (χ4v) is 5.00. The van der Waals surface area contributed by atoms with Crippen molar-refractivity contribution in [1.29, 1.82) is 0 Å². The Labute approximate surface area is 171 Å². The molecule has 29 heavy (non-hydrogen) atoms. The molecule has 6 rings (SSSR count). The Morgan fingerprint density at radius 3 is 2.76 bits per heavy atom. The number of nitrogens with one attached hydrogen (secondary N) is 2. The van der Waals surface area contributed by atoms with E-state index in [0.717, 1.165) is 11.1 Å². The van der Waals surface area contributed by atoms with Gasteiger partial charge < -0.3 is 4.98 Å². The number of fused-ring (bicyclic) bond motifs is 7. The van der Waals surface area contributed by atoms with E-state index < -0.39 is 23.8 Å². The molecule has 1 saturated heterocycles. The number of carbonyl (C=O) groups is 2. The molecule has 4 aromatic rings. The second kappa shape index (κ2) is 5.65. The van der Waals surface area contributed by atoms with Gasteiger partial charge in [0.25, 0.3) is 5.91 Å². The fourth-order valence-electron chi connectivity index (χ4n) is 4.11. The lowest BCUT2D eigenvalue weighted by Gasteiger charge is -2.32. The maximum absolute atomic E-state index is 15.3. The maximum atomic E-state index is 15.3. The average Bonchev–Trinajstić information content (AvgIpc) is 3.39. The quantitative estimate of drug-likeness (QED) is 0.428. The zero-order valence-electron chi connectivity index (χ0n) is 14.5. The highest BCUT2D eigenvalue weighted by atomic mass is 35.5. The number of carbonyl (C=O) groups excluding carboxylic acids is 2. The van der Waals surface area contributed by atoms with Crippen molar-refractivity contribution in [3.05, 3.63) is 57.8 Å². The number of amides is 3. The molecule has 4 heterocycles. The number of rotatable bonds is 1. The lowest BCUT2D eigenvalue weighted by Crippen LogP contribution is -2.33. The van der Waals surface area contributed by atoms with Crippen LogP contribution in [-0.4, -0.2) is 21.9 Å². The average molecular weight is 425 g/mol. The molecule has 0 bridgehead atoms. The van der Waals surface area contributed by atoms with E-state index in [1.54, 1.807) is 18.5 Å². The number of hydrogen-bond donors (Lipinski definition) is 2. The summed E-state index contributed by atoms with van der Waals surface area (Å²) in [6.45, 7) is 0. The van der Waals surface area contributed by atoms with Gasteiger partial charge in [0, 0.05) is 16.5 Å². The van der Waals surface area contributed by atoms with Crippen LogP contribution in [0.25, 0.3) is 33.3 Å². The molecule has 2 aromatic carbocycles. The summed E-state index contributed by atoms with van der Waals surface area (Å²) in [5, 5.41) is 4.15. The zero-order chi connectivity index (χ0) is 19.9. The third-order valence-electron chi connectivity index (χ3n) is 5.35. The largest absolute Gasteiger partial charge is 0.345 e. The van der Waals surface area contributed by atoms with Crippen LogP contribution in [0.15, 0.2) is 42.0 Å². The number of H-pyrrole nitrogens is 1. The van der Waals surface area contributed by atoms with Gasteiger partial charge in [0.05, 0.1) is 27.4 Å². The topological polar surface area (TPSA) is 78.1 Å². The van der Waals surface area contributed by atoms with Crippen molar-refractivity contribution in [3.63, 3.8) is 0 Å². The van der Waals surface area contributed by atoms with E-state index in [4.69, 9.17) is 11.6 Å². The Bertz CT molecular complexity index is 1380. The minimum atomic E-state index is -1.05. The van der Waals surface area contributed by atoms with Crippen LogP contribution in [0, 0.1) is 5.82 Å². The number of thiophene rings is 1. The molecule has 142 valence electrons. The van der Waals surface area contributed by atoms with Crippen LogP contribution >= 0.6 is 22.9 Å². The van der Waals surface area contributed by atoms with Crippen LogP contribution in [0.4, 0.5) is 14.9 Å². The second-order valence-electron chi connectivity index (χ2n) is 6.91. The van der Waals surface area contributed by atoms with E-state index in [-0.39, 0.29) is 5.56 Å². The van der Waals surface area contributed by atoms with Gasteiger partial charge in [0.2, 0.25) is 0 Å². The Kier molecular flexibility index (Phi) is 3.25. The summed E-state index contributed by atoms with van der Waals surface area (Å²) in [5.41, 5.74) is 4.77. The van der Waals surface area contributed by atoms with Gasteiger partial charge in [-0.2, -0.15) is 0 Å². The molecule has 2 aromatic heterocycles. The van der Waals surface area contributed by atoms with Crippen molar-refractivity contribution in [2.75, 3.05) is 4.90 Å². The van der Waals surface area contributed by atoms with E-state index in [1.807, 2.05) is 17.5 Å². The Hall–Kier alpha value is -3.23. The molecule has 6 nitrogen and oxygen atoms in total. The molecule has 1 unspecified atom stereocenters. The summed E-state index contributed by atoms with van der Waals surface area (Å²) in [4.78, 5) is 33.6. The zero-order valence-corrected chi connectivity index (χ0v) is 16.1. The summed E-state index contributed by atoms with van der Waals surface area (Å²) >= 11 is 7.41. The van der Waals surface area contributed by atoms with Crippen molar-refractivity contribution in [2.45, 2.75) is 6.04 Å². The molecule has 0 aliphatic carbocycles. The number of imidazole rings is 1. The fraction of sp³-hybridized carbons (Fsp3) is 0.0500. The van der Waals surface area contributed by atoms with Gasteiger partial charge in [0.1, 0.15) is 11.9 Å². The Balaban J connectivity index is 1.70. The minimum absolute atomic E-state index is 0.185. The summed E-state index contributed by atoms with van der Waals surface area (Å²) in [7, 11) is 0. The first-order valence-corrected chi connectivity index (χ1v) is 9.96. The molecule has 3 amide bonds. The van der Waals surface area contributed by atoms with E-state index >= 15 is 4.39 Å². The van der Waals surface area contributed by atoms with Gasteiger partial charge in [-0.1, -0.05) is 11.6 Å². The molecule has 2 aliphatic rings. The molecular weight excluding hydrogens is 415 g/mol. The highest BCUT2D eigenvalue weighted by molar-refractivity contribution is 7.14. The molecule has 0 radical (unpaired) electrons. The number of aromatic nitrogens is 2. The van der Waals surface area contributed by atoms with Crippen molar-refractivity contribution < 1.29 is 14.0 Å². The normalized spacial score (nSPS) is 17.3. The van der Waals surface area contributed by atoms with Crippen LogP contribution in [0.5, 0.6) is 0 Å². The number of aromatic amines is 1. The van der Waals surface area contributed by atoms with Crippen LogP contribution in [-0.2, 0) is 4.79 Å². The Morgan fingerprint density at radius 1 is 1.10 bits per heavy atom. The highest BCUT2D eigenvalue weighted by Crippen LogP contribution is 2.49. The summed E-state index contributed by atoms with van der Waals surface area (Å²) < 4.78 is 15.9. The number of urea groups is 1. The predicted molar refractivity (Wildman–Crippen MR) is 109 cm³/mol. The number of imide groups is 1. The van der Waals surface area contributed by atoms with Gasteiger partial charge in [0.15, 0.2) is 0 Å². The smallest absolute Gasteiger partial charge is 0.329 e. The van der Waals surface area contributed by atoms with E-state index in [0.29, 0.717) is 32.2 Å². The Morgan fingerprint density at radius 2 is 1.97 bits per heavy atom. The number of nitrogens with zero attached hydrogens (tertiary/aromatic N) is 2. The van der Waals surface area contributed by atoms with E-state index in [2.05, 4.69) is 15.3 Å². The molecule has 2 aliphatic heterocycles. The number of benzene rings is 2. The molecule has 0 saturated carbocycles. The van der Waals surface area contributed by atoms with Gasteiger partial charge in [-0.25, -0.2) is 14.2 Å². The van der Waals surface area contributed by atoms with Gasteiger partial charge in [-0.15, -0.1) is 11.3 Å². The molecule has 9 heteroatoms. The van der Waals surface area contributed by atoms with E-state index in [1.165, 1.54) is 22.3 Å². The predicted octanol–water partition coefficient (Wildman–Crippen LogP) is 4.86. The van der Waals surface area contributed by atoms with Crippen molar-refractivity contribution in [1.82, 2.24) is 15.3 Å². The third-order valence-corrected chi connectivity index (χ3v) is 6.44. The lowest BCUT2D eigenvalue weighted by molar-refractivity contribution is -0.120. The van der Waals surface area contributed by atoms with Gasteiger partial charge in [-0.05, 0) is 47.0 Å². The summed E-state index contributed by atoms with van der Waals surface area (Å²) in [6.07, 6.45) is 1.55. The molecule has 2 N–H and O–H groups in total. The number of anilines is 1. The lowest BCUT2D eigenvalue weighted by atomic mass is 9.86. The molecule has 1 atom stereocenters.